The second kappa shape index (κ2) is 9.14. The number of benzene rings is 2. The van der Waals surface area contributed by atoms with Gasteiger partial charge in [-0.3, -0.25) is 0 Å². The van der Waals surface area contributed by atoms with Gasteiger partial charge in [0.15, 0.2) is 0 Å². The summed E-state index contributed by atoms with van der Waals surface area (Å²) in [4.78, 5) is 0. The average Bonchev–Trinajstić information content (AvgIpc) is 2.61. The fourth-order valence-electron chi connectivity index (χ4n) is 3.27. The molecule has 2 aromatic carbocycles. The molecular formula is C22H31NO2. The number of aliphatic hydroxyl groups excluding tert-OH is 2. The molecule has 0 radical (unpaired) electrons. The maximum atomic E-state index is 10.9. The van der Waals surface area contributed by atoms with Crippen molar-refractivity contribution in [3.05, 3.63) is 71.8 Å². The monoisotopic (exact) mass is 341 g/mol. The van der Waals surface area contributed by atoms with E-state index < -0.39 is 6.10 Å². The van der Waals surface area contributed by atoms with Crippen LogP contribution in [0.4, 0.5) is 0 Å². The molecule has 3 atom stereocenters. The molecule has 0 aliphatic carbocycles. The minimum absolute atomic E-state index is 0.00953. The van der Waals surface area contributed by atoms with Crippen LogP contribution in [0.25, 0.3) is 0 Å². The maximum absolute atomic E-state index is 10.9. The standard InChI is InChI=1S/C22H31NO2/c1-22(2,3)19(14-17-10-6-4-7-11-17)21(25)15-23-20(16-24)18-12-8-5-9-13-18/h4-13,19-21,23-25H,14-16H2,1-3H3/t19?,20-,21+/m1/s1. The molecule has 0 bridgehead atoms. The molecule has 0 aromatic heterocycles. The van der Waals surface area contributed by atoms with Gasteiger partial charge in [-0.15, -0.1) is 0 Å². The Morgan fingerprint density at radius 3 is 2.00 bits per heavy atom. The molecule has 25 heavy (non-hydrogen) atoms. The lowest BCUT2D eigenvalue weighted by atomic mass is 9.74. The van der Waals surface area contributed by atoms with Gasteiger partial charge in [-0.25, -0.2) is 0 Å². The minimum atomic E-state index is -0.488. The van der Waals surface area contributed by atoms with Crippen molar-refractivity contribution in [1.29, 1.82) is 0 Å². The molecule has 2 rings (SSSR count). The summed E-state index contributed by atoms with van der Waals surface area (Å²) < 4.78 is 0. The van der Waals surface area contributed by atoms with Crippen molar-refractivity contribution in [1.82, 2.24) is 5.32 Å². The molecule has 0 saturated heterocycles. The molecule has 0 heterocycles. The third-order valence-corrected chi connectivity index (χ3v) is 4.83. The Morgan fingerprint density at radius 1 is 0.920 bits per heavy atom. The molecule has 2 aromatic rings. The zero-order valence-electron chi connectivity index (χ0n) is 15.5. The third kappa shape index (κ3) is 5.96. The van der Waals surface area contributed by atoms with E-state index in [-0.39, 0.29) is 24.0 Å². The fourth-order valence-corrected chi connectivity index (χ4v) is 3.27. The van der Waals surface area contributed by atoms with Crippen molar-refractivity contribution in [2.24, 2.45) is 11.3 Å². The van der Waals surface area contributed by atoms with Crippen LogP contribution in [-0.4, -0.2) is 29.5 Å². The van der Waals surface area contributed by atoms with Gasteiger partial charge in [0.1, 0.15) is 0 Å². The van der Waals surface area contributed by atoms with Crippen LogP contribution in [0, 0.1) is 11.3 Å². The molecule has 0 aliphatic rings. The highest BCUT2D eigenvalue weighted by molar-refractivity contribution is 5.19. The van der Waals surface area contributed by atoms with Gasteiger partial charge < -0.3 is 15.5 Å². The third-order valence-electron chi connectivity index (χ3n) is 4.83. The van der Waals surface area contributed by atoms with E-state index in [1.807, 2.05) is 48.5 Å². The molecule has 0 spiro atoms. The molecule has 0 aliphatic heterocycles. The van der Waals surface area contributed by atoms with E-state index in [1.54, 1.807) is 0 Å². The Labute approximate surface area is 151 Å². The van der Waals surface area contributed by atoms with E-state index >= 15 is 0 Å². The van der Waals surface area contributed by atoms with Gasteiger partial charge in [0, 0.05) is 6.54 Å². The lowest BCUT2D eigenvalue weighted by Gasteiger charge is -2.35. The Bertz CT molecular complexity index is 607. The first-order chi connectivity index (χ1) is 11.9. The van der Waals surface area contributed by atoms with E-state index in [9.17, 15) is 10.2 Å². The highest BCUT2D eigenvalue weighted by Crippen LogP contribution is 2.32. The highest BCUT2D eigenvalue weighted by Gasteiger charge is 2.31. The SMILES string of the molecule is CC(C)(C)C(Cc1ccccc1)[C@@H](O)CN[C@H](CO)c1ccccc1. The predicted molar refractivity (Wildman–Crippen MR) is 103 cm³/mol. The van der Waals surface area contributed by atoms with Crippen LogP contribution < -0.4 is 5.32 Å². The van der Waals surface area contributed by atoms with Crippen molar-refractivity contribution in [3.8, 4) is 0 Å². The summed E-state index contributed by atoms with van der Waals surface area (Å²) in [5.41, 5.74) is 2.26. The summed E-state index contributed by atoms with van der Waals surface area (Å²) in [7, 11) is 0. The Hall–Kier alpha value is -1.68. The van der Waals surface area contributed by atoms with Gasteiger partial charge in [0.25, 0.3) is 0 Å². The van der Waals surface area contributed by atoms with E-state index in [4.69, 9.17) is 0 Å². The largest absolute Gasteiger partial charge is 0.394 e. The number of rotatable bonds is 8. The molecule has 1 unspecified atom stereocenters. The first kappa shape index (κ1) is 19.6. The molecule has 0 saturated carbocycles. The summed E-state index contributed by atoms with van der Waals surface area (Å²) in [6.45, 7) is 6.98. The second-order valence-electron chi connectivity index (χ2n) is 7.78. The van der Waals surface area contributed by atoms with Crippen molar-refractivity contribution >= 4 is 0 Å². The van der Waals surface area contributed by atoms with Crippen LogP contribution in [0.15, 0.2) is 60.7 Å². The number of hydrogen-bond acceptors (Lipinski definition) is 3. The van der Waals surface area contributed by atoms with E-state index in [1.165, 1.54) is 5.56 Å². The maximum Gasteiger partial charge on any atom is 0.0701 e. The topological polar surface area (TPSA) is 52.5 Å². The van der Waals surface area contributed by atoms with Gasteiger partial charge in [0.2, 0.25) is 0 Å². The van der Waals surface area contributed by atoms with Gasteiger partial charge in [0.05, 0.1) is 18.8 Å². The Morgan fingerprint density at radius 2 is 1.48 bits per heavy atom. The summed E-state index contributed by atoms with van der Waals surface area (Å²) in [6.07, 6.45) is 0.348. The van der Waals surface area contributed by atoms with Gasteiger partial charge in [-0.1, -0.05) is 81.4 Å². The zero-order chi connectivity index (χ0) is 18.3. The Balaban J connectivity index is 2.02. The van der Waals surface area contributed by atoms with Crippen LogP contribution in [0.1, 0.15) is 37.9 Å². The van der Waals surface area contributed by atoms with Crippen molar-refractivity contribution in [3.63, 3.8) is 0 Å². The summed E-state index contributed by atoms with van der Waals surface area (Å²) >= 11 is 0. The Kier molecular flexibility index (Phi) is 7.18. The first-order valence-electron chi connectivity index (χ1n) is 9.03. The normalized spacial score (nSPS) is 15.6. The van der Waals surface area contributed by atoms with E-state index in [2.05, 4.69) is 38.2 Å². The van der Waals surface area contributed by atoms with Crippen LogP contribution in [0.3, 0.4) is 0 Å². The number of aliphatic hydroxyl groups is 2. The van der Waals surface area contributed by atoms with E-state index in [0.29, 0.717) is 6.54 Å². The van der Waals surface area contributed by atoms with Gasteiger partial charge >= 0.3 is 0 Å². The number of nitrogens with one attached hydrogen (secondary N) is 1. The predicted octanol–water partition coefficient (Wildman–Crippen LogP) is 3.58. The average molecular weight is 341 g/mol. The van der Waals surface area contributed by atoms with Crippen molar-refractivity contribution in [2.75, 3.05) is 13.2 Å². The number of hydrogen-bond donors (Lipinski definition) is 3. The molecule has 3 heteroatoms. The first-order valence-corrected chi connectivity index (χ1v) is 9.03. The molecule has 0 amide bonds. The van der Waals surface area contributed by atoms with Crippen molar-refractivity contribution in [2.45, 2.75) is 39.3 Å². The van der Waals surface area contributed by atoms with Crippen LogP contribution in [0.2, 0.25) is 0 Å². The summed E-state index contributed by atoms with van der Waals surface area (Å²) in [5, 5.41) is 23.9. The van der Waals surface area contributed by atoms with E-state index in [0.717, 1.165) is 12.0 Å². The van der Waals surface area contributed by atoms with Crippen molar-refractivity contribution < 1.29 is 10.2 Å². The molecular weight excluding hydrogens is 310 g/mol. The quantitative estimate of drug-likeness (QED) is 0.688. The zero-order valence-corrected chi connectivity index (χ0v) is 15.5. The van der Waals surface area contributed by atoms with Crippen LogP contribution >= 0.6 is 0 Å². The van der Waals surface area contributed by atoms with Gasteiger partial charge in [-0.05, 0) is 28.9 Å². The smallest absolute Gasteiger partial charge is 0.0701 e. The summed E-state index contributed by atoms with van der Waals surface area (Å²) in [5.74, 6) is 0.123. The highest BCUT2D eigenvalue weighted by atomic mass is 16.3. The van der Waals surface area contributed by atoms with Gasteiger partial charge in [-0.2, -0.15) is 0 Å². The molecule has 3 N–H and O–H groups in total. The fraction of sp³-hybridized carbons (Fsp3) is 0.455. The molecule has 3 nitrogen and oxygen atoms in total. The second-order valence-corrected chi connectivity index (χ2v) is 7.78. The lowest BCUT2D eigenvalue weighted by molar-refractivity contribution is 0.0392. The molecule has 136 valence electrons. The molecule has 0 fully saturated rings. The van der Waals surface area contributed by atoms with Crippen LogP contribution in [0.5, 0.6) is 0 Å². The summed E-state index contributed by atoms with van der Waals surface area (Å²) in [6, 6.07) is 20.0. The lowest BCUT2D eigenvalue weighted by Crippen LogP contribution is -2.42. The van der Waals surface area contributed by atoms with Crippen LogP contribution in [-0.2, 0) is 6.42 Å². The minimum Gasteiger partial charge on any atom is -0.394 e.